The molecule has 1 fully saturated rings. The van der Waals surface area contributed by atoms with Gasteiger partial charge in [-0.2, -0.15) is 0 Å². The smallest absolute Gasteiger partial charge is 0.256 e. The Hall–Kier alpha value is -2.82. The third-order valence-electron chi connectivity index (χ3n) is 6.29. The number of halogens is 2. The zero-order chi connectivity index (χ0) is 22.1. The second kappa shape index (κ2) is 8.97. The molecule has 0 aromatic heterocycles. The molecule has 4 nitrogen and oxygen atoms in total. The first-order valence-corrected chi connectivity index (χ1v) is 11.6. The molecule has 1 unspecified atom stereocenters. The lowest BCUT2D eigenvalue weighted by Gasteiger charge is -2.40. The van der Waals surface area contributed by atoms with Crippen LogP contribution in [0.2, 0.25) is 10.0 Å². The fourth-order valence-corrected chi connectivity index (χ4v) is 5.19. The number of carbonyl (C=O) groups is 1. The minimum atomic E-state index is -0.101. The molecule has 162 valence electrons. The van der Waals surface area contributed by atoms with Crippen LogP contribution in [0.4, 0.5) is 5.69 Å². The summed E-state index contributed by atoms with van der Waals surface area (Å²) in [6.45, 7) is 1.30. The van der Waals surface area contributed by atoms with Crippen LogP contribution < -0.4 is 4.90 Å². The summed E-state index contributed by atoms with van der Waals surface area (Å²) >= 11 is 12.5. The number of hydrogen-bond donors (Lipinski definition) is 0. The maximum Gasteiger partial charge on any atom is 0.256 e. The number of para-hydroxylation sites is 1. The van der Waals surface area contributed by atoms with E-state index in [2.05, 4.69) is 53.4 Å². The molecule has 2 aliphatic rings. The monoisotopic (exact) mass is 463 g/mol. The number of hydrogen-bond acceptors (Lipinski definition) is 3. The van der Waals surface area contributed by atoms with Crippen molar-refractivity contribution in [2.45, 2.75) is 24.9 Å². The Morgan fingerprint density at radius 1 is 0.844 bits per heavy atom. The van der Waals surface area contributed by atoms with Gasteiger partial charge in [-0.05, 0) is 36.6 Å². The molecule has 3 aromatic rings. The summed E-state index contributed by atoms with van der Waals surface area (Å²) in [6, 6.07) is 24.3. The van der Waals surface area contributed by atoms with Crippen molar-refractivity contribution < 1.29 is 4.79 Å². The van der Waals surface area contributed by atoms with Gasteiger partial charge in [-0.1, -0.05) is 77.8 Å². The maximum atomic E-state index is 13.0. The predicted octanol–water partition coefficient (Wildman–Crippen LogP) is 6.24. The van der Waals surface area contributed by atoms with Gasteiger partial charge in [0.1, 0.15) is 6.04 Å². The van der Waals surface area contributed by atoms with Crippen molar-refractivity contribution >= 4 is 41.1 Å². The van der Waals surface area contributed by atoms with Crippen LogP contribution in [0, 0.1) is 0 Å². The van der Waals surface area contributed by atoms with Gasteiger partial charge < -0.3 is 9.80 Å². The Labute approximate surface area is 198 Å². The zero-order valence-electron chi connectivity index (χ0n) is 17.5. The highest BCUT2D eigenvalue weighted by atomic mass is 35.5. The zero-order valence-corrected chi connectivity index (χ0v) is 19.0. The van der Waals surface area contributed by atoms with Gasteiger partial charge in [-0.15, -0.1) is 0 Å². The SMILES string of the molecule is O=C(c1c(Cl)cccc1Cl)N1CCC(N2C=NC(c3ccccc3)c3ccccc32)CC1. The summed E-state index contributed by atoms with van der Waals surface area (Å²) in [5, 5.41) is 0.794. The number of aliphatic imine (C=N–C) groups is 1. The number of likely N-dealkylation sites (tertiary alicyclic amines) is 1. The first-order valence-electron chi connectivity index (χ1n) is 10.8. The minimum absolute atomic E-state index is 0.00711. The Kier molecular flexibility index (Phi) is 5.90. The van der Waals surface area contributed by atoms with Crippen molar-refractivity contribution in [2.75, 3.05) is 18.0 Å². The maximum absolute atomic E-state index is 13.0. The number of piperidine rings is 1. The third-order valence-corrected chi connectivity index (χ3v) is 6.92. The summed E-state index contributed by atoms with van der Waals surface area (Å²) in [7, 11) is 0. The molecule has 0 radical (unpaired) electrons. The second-order valence-electron chi connectivity index (χ2n) is 8.16. The molecule has 0 spiro atoms. The van der Waals surface area contributed by atoms with Crippen molar-refractivity contribution in [2.24, 2.45) is 4.99 Å². The van der Waals surface area contributed by atoms with Crippen LogP contribution >= 0.6 is 23.2 Å². The van der Waals surface area contributed by atoms with E-state index < -0.39 is 0 Å². The third kappa shape index (κ3) is 3.89. The van der Waals surface area contributed by atoms with Gasteiger partial charge in [0.15, 0.2) is 0 Å². The Morgan fingerprint density at radius 2 is 1.50 bits per heavy atom. The average molecular weight is 464 g/mol. The van der Waals surface area contributed by atoms with E-state index in [0.717, 1.165) is 12.8 Å². The van der Waals surface area contributed by atoms with Gasteiger partial charge in [-0.3, -0.25) is 9.79 Å². The van der Waals surface area contributed by atoms with Crippen LogP contribution in [0.1, 0.15) is 40.4 Å². The molecule has 1 saturated heterocycles. The molecule has 2 aliphatic heterocycles. The molecule has 1 amide bonds. The van der Waals surface area contributed by atoms with E-state index in [1.165, 1.54) is 16.8 Å². The molecule has 5 rings (SSSR count). The highest BCUT2D eigenvalue weighted by Gasteiger charge is 2.32. The largest absolute Gasteiger partial charge is 0.338 e. The van der Waals surface area contributed by atoms with E-state index >= 15 is 0 Å². The molecule has 2 heterocycles. The van der Waals surface area contributed by atoms with Gasteiger partial charge in [0.25, 0.3) is 5.91 Å². The number of nitrogens with zero attached hydrogens (tertiary/aromatic N) is 3. The number of carbonyl (C=O) groups excluding carboxylic acids is 1. The standard InChI is InChI=1S/C26H23Cl2N3O/c27-21-10-6-11-22(28)24(21)26(32)30-15-13-19(14-16-30)31-17-29-25(18-7-2-1-3-8-18)20-9-4-5-12-23(20)31/h1-12,17,19,25H,13-16H2. The van der Waals surface area contributed by atoms with Crippen LogP contribution in [0.15, 0.2) is 77.8 Å². The molecular formula is C26H23Cl2N3O. The average Bonchev–Trinajstić information content (AvgIpc) is 2.84. The van der Waals surface area contributed by atoms with E-state index in [1.54, 1.807) is 18.2 Å². The van der Waals surface area contributed by atoms with Crippen molar-refractivity contribution in [3.8, 4) is 0 Å². The van der Waals surface area contributed by atoms with Crippen LogP contribution in [0.5, 0.6) is 0 Å². The normalized spacial score (nSPS) is 18.5. The highest BCUT2D eigenvalue weighted by Crippen LogP contribution is 2.38. The van der Waals surface area contributed by atoms with Crippen molar-refractivity contribution in [3.05, 3.63) is 99.5 Å². The summed E-state index contributed by atoms with van der Waals surface area (Å²) in [5.41, 5.74) is 3.98. The lowest BCUT2D eigenvalue weighted by atomic mass is 9.94. The molecule has 32 heavy (non-hydrogen) atoms. The Bertz CT molecular complexity index is 1140. The Morgan fingerprint density at radius 3 is 2.22 bits per heavy atom. The number of fused-ring (bicyclic) bond motifs is 1. The van der Waals surface area contributed by atoms with E-state index in [1.807, 2.05) is 17.3 Å². The number of benzene rings is 3. The fraction of sp³-hybridized carbons (Fsp3) is 0.231. The first kappa shape index (κ1) is 21.0. The molecule has 1 atom stereocenters. The molecule has 6 heteroatoms. The lowest BCUT2D eigenvalue weighted by Crippen LogP contribution is -2.47. The van der Waals surface area contributed by atoms with Gasteiger partial charge in [0, 0.05) is 30.4 Å². The topological polar surface area (TPSA) is 35.9 Å². The quantitative estimate of drug-likeness (QED) is 0.460. The van der Waals surface area contributed by atoms with Gasteiger partial charge in [0.2, 0.25) is 0 Å². The molecule has 0 bridgehead atoms. The molecular weight excluding hydrogens is 441 g/mol. The van der Waals surface area contributed by atoms with Gasteiger partial charge in [-0.25, -0.2) is 0 Å². The predicted molar refractivity (Wildman–Crippen MR) is 131 cm³/mol. The number of amides is 1. The summed E-state index contributed by atoms with van der Waals surface area (Å²) in [6.07, 6.45) is 3.68. The molecule has 0 N–H and O–H groups in total. The summed E-state index contributed by atoms with van der Waals surface area (Å²) in [5.74, 6) is -0.101. The minimum Gasteiger partial charge on any atom is -0.338 e. The summed E-state index contributed by atoms with van der Waals surface area (Å²) in [4.78, 5) is 22.1. The van der Waals surface area contributed by atoms with Crippen LogP contribution in [0.3, 0.4) is 0 Å². The van der Waals surface area contributed by atoms with Crippen molar-refractivity contribution in [1.29, 1.82) is 0 Å². The highest BCUT2D eigenvalue weighted by molar-refractivity contribution is 6.39. The molecule has 3 aromatic carbocycles. The van der Waals surface area contributed by atoms with Crippen molar-refractivity contribution in [1.82, 2.24) is 4.90 Å². The van der Waals surface area contributed by atoms with Gasteiger partial charge in [0.05, 0.1) is 21.9 Å². The summed E-state index contributed by atoms with van der Waals surface area (Å²) < 4.78 is 0. The van der Waals surface area contributed by atoms with E-state index in [0.29, 0.717) is 28.7 Å². The van der Waals surface area contributed by atoms with Crippen LogP contribution in [-0.2, 0) is 0 Å². The van der Waals surface area contributed by atoms with Gasteiger partial charge >= 0.3 is 0 Å². The number of anilines is 1. The van der Waals surface area contributed by atoms with E-state index in [-0.39, 0.29) is 18.0 Å². The second-order valence-corrected chi connectivity index (χ2v) is 8.98. The number of rotatable bonds is 3. The van der Waals surface area contributed by atoms with Crippen LogP contribution in [0.25, 0.3) is 0 Å². The first-order chi connectivity index (χ1) is 15.6. The molecule has 0 aliphatic carbocycles. The Balaban J connectivity index is 1.34. The fourth-order valence-electron chi connectivity index (χ4n) is 4.63. The molecule has 0 saturated carbocycles. The van der Waals surface area contributed by atoms with Crippen LogP contribution in [-0.4, -0.2) is 36.3 Å². The van der Waals surface area contributed by atoms with E-state index in [9.17, 15) is 4.79 Å². The lowest BCUT2D eigenvalue weighted by molar-refractivity contribution is 0.0715. The van der Waals surface area contributed by atoms with Crippen molar-refractivity contribution in [3.63, 3.8) is 0 Å². The van der Waals surface area contributed by atoms with E-state index in [4.69, 9.17) is 28.2 Å².